The molecule has 0 aromatic heterocycles. The van der Waals surface area contributed by atoms with Gasteiger partial charge in [0, 0.05) is 11.1 Å². The molecule has 0 amide bonds. The van der Waals surface area contributed by atoms with E-state index in [1.54, 1.807) is 13.0 Å². The maximum Gasteiger partial charge on any atom is 0.235 e. The highest BCUT2D eigenvalue weighted by Gasteiger charge is 2.14. The second-order valence-corrected chi connectivity index (χ2v) is 3.75. The molecular formula is C10H9BrFNO2. The standard InChI is InChI=1S/C10H9BrFNO2/c1-6-9(12)8(11)3-7(4-13-5-14)10(6)15-2/h3H,4H2,1-2H3. The number of benzene rings is 1. The number of carbonyl (C=O) groups excluding carboxylic acids is 1. The topological polar surface area (TPSA) is 38.7 Å². The van der Waals surface area contributed by atoms with Crippen LogP contribution in [0.3, 0.4) is 0 Å². The first-order chi connectivity index (χ1) is 7.11. The van der Waals surface area contributed by atoms with Gasteiger partial charge in [0.25, 0.3) is 0 Å². The highest BCUT2D eigenvalue weighted by Crippen LogP contribution is 2.31. The zero-order chi connectivity index (χ0) is 11.4. The summed E-state index contributed by atoms with van der Waals surface area (Å²) in [5.74, 6) is 0.0420. The van der Waals surface area contributed by atoms with Crippen LogP contribution >= 0.6 is 15.9 Å². The Labute approximate surface area is 95.1 Å². The number of methoxy groups -OCH3 is 1. The molecule has 15 heavy (non-hydrogen) atoms. The third kappa shape index (κ3) is 2.43. The van der Waals surface area contributed by atoms with Crippen molar-refractivity contribution in [3.63, 3.8) is 0 Å². The molecule has 0 saturated heterocycles. The van der Waals surface area contributed by atoms with Crippen molar-refractivity contribution < 1.29 is 13.9 Å². The molecule has 0 heterocycles. The molecule has 3 nitrogen and oxygen atoms in total. The van der Waals surface area contributed by atoms with Crippen LogP contribution in [0.1, 0.15) is 11.1 Å². The summed E-state index contributed by atoms with van der Waals surface area (Å²) in [6, 6.07) is 1.54. The van der Waals surface area contributed by atoms with Crippen molar-refractivity contribution in [2.75, 3.05) is 7.11 Å². The predicted octanol–water partition coefficient (Wildman–Crippen LogP) is 2.74. The summed E-state index contributed by atoms with van der Waals surface area (Å²) in [5, 5.41) is 0. The first kappa shape index (κ1) is 11.9. The first-order valence-corrected chi connectivity index (χ1v) is 4.96. The van der Waals surface area contributed by atoms with E-state index in [1.165, 1.54) is 13.2 Å². The van der Waals surface area contributed by atoms with Crippen molar-refractivity contribution in [1.29, 1.82) is 0 Å². The number of aliphatic imine (C=N–C) groups is 1. The van der Waals surface area contributed by atoms with Gasteiger partial charge < -0.3 is 4.74 Å². The maximum atomic E-state index is 13.4. The van der Waals surface area contributed by atoms with Crippen LogP contribution in [0.15, 0.2) is 15.5 Å². The van der Waals surface area contributed by atoms with Crippen LogP contribution < -0.4 is 4.74 Å². The number of hydrogen-bond acceptors (Lipinski definition) is 3. The monoisotopic (exact) mass is 273 g/mol. The molecule has 0 atom stereocenters. The highest BCUT2D eigenvalue weighted by molar-refractivity contribution is 9.10. The fraction of sp³-hybridized carbons (Fsp3) is 0.300. The summed E-state index contributed by atoms with van der Waals surface area (Å²) in [7, 11) is 1.45. The lowest BCUT2D eigenvalue weighted by Crippen LogP contribution is -1.98. The van der Waals surface area contributed by atoms with Gasteiger partial charge in [0.1, 0.15) is 11.6 Å². The second-order valence-electron chi connectivity index (χ2n) is 2.90. The summed E-state index contributed by atoms with van der Waals surface area (Å²) in [5.41, 5.74) is 1.04. The Morgan fingerprint density at radius 3 is 2.87 bits per heavy atom. The summed E-state index contributed by atoms with van der Waals surface area (Å²) >= 11 is 3.08. The minimum Gasteiger partial charge on any atom is -0.496 e. The molecular weight excluding hydrogens is 265 g/mol. The van der Waals surface area contributed by atoms with E-state index in [0.29, 0.717) is 21.3 Å². The van der Waals surface area contributed by atoms with Crippen molar-refractivity contribution in [2.45, 2.75) is 13.5 Å². The molecule has 0 aliphatic rings. The third-order valence-electron chi connectivity index (χ3n) is 1.99. The van der Waals surface area contributed by atoms with Gasteiger partial charge in [0.15, 0.2) is 0 Å². The lowest BCUT2D eigenvalue weighted by Gasteiger charge is -2.11. The van der Waals surface area contributed by atoms with Gasteiger partial charge in [-0.25, -0.2) is 14.2 Å². The Bertz CT molecular complexity index is 428. The predicted molar refractivity (Wildman–Crippen MR) is 57.2 cm³/mol. The van der Waals surface area contributed by atoms with Gasteiger partial charge in [0.2, 0.25) is 6.08 Å². The zero-order valence-corrected chi connectivity index (χ0v) is 9.89. The molecule has 1 rings (SSSR count). The van der Waals surface area contributed by atoms with E-state index in [0.717, 1.165) is 0 Å². The Morgan fingerprint density at radius 1 is 1.67 bits per heavy atom. The number of hydrogen-bond donors (Lipinski definition) is 0. The fourth-order valence-corrected chi connectivity index (χ4v) is 1.89. The van der Waals surface area contributed by atoms with Crippen LogP contribution in [0.25, 0.3) is 0 Å². The molecule has 0 fully saturated rings. The molecule has 80 valence electrons. The van der Waals surface area contributed by atoms with Crippen LogP contribution in [-0.2, 0) is 11.3 Å². The Morgan fingerprint density at radius 2 is 2.33 bits per heavy atom. The minimum atomic E-state index is -0.370. The van der Waals surface area contributed by atoms with Gasteiger partial charge in [-0.2, -0.15) is 0 Å². The van der Waals surface area contributed by atoms with E-state index in [-0.39, 0.29) is 12.4 Å². The van der Waals surface area contributed by atoms with E-state index in [2.05, 4.69) is 20.9 Å². The second kappa shape index (κ2) is 5.05. The van der Waals surface area contributed by atoms with Crippen LogP contribution in [0, 0.1) is 12.7 Å². The van der Waals surface area contributed by atoms with E-state index < -0.39 is 0 Å². The molecule has 0 radical (unpaired) electrons. The minimum absolute atomic E-state index is 0.131. The molecule has 1 aromatic carbocycles. The van der Waals surface area contributed by atoms with Gasteiger partial charge in [-0.3, -0.25) is 0 Å². The van der Waals surface area contributed by atoms with Crippen molar-refractivity contribution in [3.8, 4) is 5.75 Å². The van der Waals surface area contributed by atoms with Crippen molar-refractivity contribution in [3.05, 3.63) is 27.5 Å². The van der Waals surface area contributed by atoms with Crippen molar-refractivity contribution >= 4 is 22.0 Å². The molecule has 0 aliphatic carbocycles. The lowest BCUT2D eigenvalue weighted by molar-refractivity contribution is 0.401. The number of rotatable bonds is 3. The Kier molecular flexibility index (Phi) is 4.00. The molecule has 0 spiro atoms. The summed E-state index contributed by atoms with van der Waals surface area (Å²) < 4.78 is 18.8. The average Bonchev–Trinajstić information content (AvgIpc) is 2.23. The molecule has 0 aliphatic heterocycles. The zero-order valence-electron chi connectivity index (χ0n) is 8.30. The van der Waals surface area contributed by atoms with Crippen LogP contribution in [0.5, 0.6) is 5.75 Å². The van der Waals surface area contributed by atoms with Crippen molar-refractivity contribution in [1.82, 2.24) is 0 Å². The highest BCUT2D eigenvalue weighted by atomic mass is 79.9. The first-order valence-electron chi connectivity index (χ1n) is 4.17. The SMILES string of the molecule is COc1c(CN=C=O)cc(Br)c(F)c1C. The summed E-state index contributed by atoms with van der Waals surface area (Å²) in [4.78, 5) is 13.4. The van der Waals surface area contributed by atoms with Gasteiger partial charge in [-0.1, -0.05) is 0 Å². The quantitative estimate of drug-likeness (QED) is 0.628. The van der Waals surface area contributed by atoms with E-state index in [9.17, 15) is 9.18 Å². The fourth-order valence-electron chi connectivity index (χ4n) is 1.32. The van der Waals surface area contributed by atoms with Crippen LogP contribution in [0.4, 0.5) is 4.39 Å². The molecule has 0 unspecified atom stereocenters. The number of ether oxygens (including phenoxy) is 1. The number of halogens is 2. The summed E-state index contributed by atoms with van der Waals surface area (Å²) in [6.07, 6.45) is 1.43. The van der Waals surface area contributed by atoms with Gasteiger partial charge >= 0.3 is 0 Å². The van der Waals surface area contributed by atoms with Crippen LogP contribution in [0.2, 0.25) is 0 Å². The Balaban J connectivity index is 3.31. The molecule has 0 saturated carbocycles. The molecule has 0 N–H and O–H groups in total. The van der Waals surface area contributed by atoms with Crippen molar-refractivity contribution in [2.24, 2.45) is 4.99 Å². The van der Waals surface area contributed by atoms with Gasteiger partial charge in [0.05, 0.1) is 18.1 Å². The lowest BCUT2D eigenvalue weighted by atomic mass is 10.1. The normalized spacial score (nSPS) is 9.60. The Hall–Kier alpha value is -1.19. The van der Waals surface area contributed by atoms with E-state index in [4.69, 9.17) is 4.74 Å². The number of nitrogens with zero attached hydrogens (tertiary/aromatic N) is 1. The largest absolute Gasteiger partial charge is 0.496 e. The third-order valence-corrected chi connectivity index (χ3v) is 2.57. The summed E-state index contributed by atoms with van der Waals surface area (Å²) in [6.45, 7) is 1.74. The molecule has 0 bridgehead atoms. The number of isocyanates is 1. The van der Waals surface area contributed by atoms with Crippen LogP contribution in [-0.4, -0.2) is 13.2 Å². The maximum absolute atomic E-state index is 13.4. The molecule has 1 aromatic rings. The average molecular weight is 274 g/mol. The van der Waals surface area contributed by atoms with E-state index in [1.807, 2.05) is 0 Å². The van der Waals surface area contributed by atoms with Gasteiger partial charge in [-0.05, 0) is 28.9 Å². The smallest absolute Gasteiger partial charge is 0.235 e. The molecule has 5 heteroatoms. The van der Waals surface area contributed by atoms with Gasteiger partial charge in [-0.15, -0.1) is 0 Å². The van der Waals surface area contributed by atoms with E-state index >= 15 is 0 Å².